The molecule has 0 amide bonds. The Balaban J connectivity index is 0.00000391. The van der Waals surface area contributed by atoms with Gasteiger partial charge in [0.05, 0.1) is 27.1 Å². The number of unbranched alkanes of at least 4 members (excludes halogenated alkanes) is 1. The van der Waals surface area contributed by atoms with Crippen molar-refractivity contribution < 1.29 is 14.3 Å². The minimum atomic E-state index is -0.787. The fourth-order valence-electron chi connectivity index (χ4n) is 3.84. The zero-order valence-corrected chi connectivity index (χ0v) is 27.1. The summed E-state index contributed by atoms with van der Waals surface area (Å²) in [6, 6.07) is 3.88. The minimum absolute atomic E-state index is 0.149. The Morgan fingerprint density at radius 3 is 2.40 bits per heavy atom. The highest BCUT2D eigenvalue weighted by atomic mass is 32.1. The van der Waals surface area contributed by atoms with Gasteiger partial charge in [0.15, 0.2) is 0 Å². The number of halogens is 1. The number of thiazole rings is 1. The molecule has 0 spiro atoms. The Morgan fingerprint density at radius 2 is 1.82 bits per heavy atom. The first-order valence-electron chi connectivity index (χ1n) is 14.6. The van der Waals surface area contributed by atoms with Gasteiger partial charge < -0.3 is 10.4 Å². The number of aryl methyl sites for hydroxylation is 2. The van der Waals surface area contributed by atoms with E-state index in [0.717, 1.165) is 46.2 Å². The van der Waals surface area contributed by atoms with Crippen LogP contribution in [0.2, 0.25) is 0 Å². The first-order valence-corrected chi connectivity index (χ1v) is 15.4. The maximum Gasteiger partial charge on any atom is 0.303 e. The van der Waals surface area contributed by atoms with Crippen LogP contribution in [0.25, 0.3) is 17.0 Å². The Bertz CT molecular complexity index is 1200. The van der Waals surface area contributed by atoms with Gasteiger partial charge >= 0.3 is 5.97 Å². The lowest BCUT2D eigenvalue weighted by molar-refractivity contribution is -0.137. The van der Waals surface area contributed by atoms with Crippen LogP contribution in [-0.4, -0.2) is 28.4 Å². The number of amidine groups is 1. The second-order valence-corrected chi connectivity index (χ2v) is 11.9. The van der Waals surface area contributed by atoms with Crippen LogP contribution in [0.5, 0.6) is 0 Å². The van der Waals surface area contributed by atoms with Crippen LogP contribution in [0.3, 0.4) is 0 Å². The molecule has 1 heterocycles. The monoisotopic (exact) mass is 571 g/mol. The lowest BCUT2D eigenvalue weighted by Gasteiger charge is -2.13. The van der Waals surface area contributed by atoms with E-state index in [1.165, 1.54) is 5.57 Å². The molecular weight excluding hydrogens is 521 g/mol. The number of benzene rings is 1. The quantitative estimate of drug-likeness (QED) is 0.115. The van der Waals surface area contributed by atoms with Gasteiger partial charge in [-0.05, 0) is 69.7 Å². The topological polar surface area (TPSA) is 74.6 Å². The molecule has 2 aromatic rings. The van der Waals surface area contributed by atoms with Gasteiger partial charge in [-0.1, -0.05) is 72.6 Å². The maximum atomic E-state index is 15.6. The summed E-state index contributed by atoms with van der Waals surface area (Å²) in [4.78, 5) is 21.3. The van der Waals surface area contributed by atoms with Crippen molar-refractivity contribution >= 4 is 28.8 Å². The molecule has 0 aliphatic carbocycles. The van der Waals surface area contributed by atoms with Crippen LogP contribution >= 0.6 is 11.3 Å². The third-order valence-corrected chi connectivity index (χ3v) is 7.69. The number of rotatable bonds is 12. The normalized spacial score (nSPS) is 12.7. The summed E-state index contributed by atoms with van der Waals surface area (Å²) in [6.45, 7) is 21.0. The minimum Gasteiger partial charge on any atom is -0.481 e. The van der Waals surface area contributed by atoms with E-state index in [2.05, 4.69) is 57.9 Å². The number of carbonyl (C=O) groups is 1. The fourth-order valence-corrected chi connectivity index (χ4v) is 4.96. The third-order valence-electron chi connectivity index (χ3n) is 6.18. The predicted molar refractivity (Wildman–Crippen MR) is 171 cm³/mol. The number of aliphatic carboxylic acids is 1. The lowest BCUT2D eigenvalue weighted by Crippen LogP contribution is -2.19. The van der Waals surface area contributed by atoms with Crippen molar-refractivity contribution in [2.75, 3.05) is 6.54 Å². The maximum absolute atomic E-state index is 15.6. The van der Waals surface area contributed by atoms with E-state index in [-0.39, 0.29) is 17.7 Å². The Hall–Kier alpha value is -2.80. The van der Waals surface area contributed by atoms with Gasteiger partial charge in [0.25, 0.3) is 0 Å². The van der Waals surface area contributed by atoms with Gasteiger partial charge in [0.1, 0.15) is 5.82 Å². The largest absolute Gasteiger partial charge is 0.481 e. The molecule has 1 aromatic carbocycles. The van der Waals surface area contributed by atoms with Crippen LogP contribution in [0.15, 0.2) is 34.9 Å². The molecule has 0 aliphatic heterocycles. The second-order valence-electron chi connectivity index (χ2n) is 10.9. The number of carboxylic acid groups (broad SMARTS) is 1. The van der Waals surface area contributed by atoms with E-state index >= 15 is 4.39 Å². The number of hydrogen-bond donors (Lipinski definition) is 2. The van der Waals surface area contributed by atoms with Crippen LogP contribution < -0.4 is 5.32 Å². The molecule has 0 aliphatic rings. The molecule has 0 fully saturated rings. The first-order chi connectivity index (χ1) is 18.9. The van der Waals surface area contributed by atoms with Gasteiger partial charge in [-0.25, -0.2) is 9.37 Å². The van der Waals surface area contributed by atoms with Gasteiger partial charge in [-0.15, -0.1) is 11.3 Å². The highest BCUT2D eigenvalue weighted by Crippen LogP contribution is 2.39. The molecule has 2 rings (SSSR count). The van der Waals surface area contributed by atoms with Crippen molar-refractivity contribution in [2.24, 2.45) is 4.99 Å². The first kappa shape index (κ1) is 35.2. The van der Waals surface area contributed by atoms with Crippen molar-refractivity contribution in [3.63, 3.8) is 0 Å². The highest BCUT2D eigenvalue weighted by Gasteiger charge is 2.26. The number of aliphatic imine (C=N–C) groups is 1. The van der Waals surface area contributed by atoms with Gasteiger partial charge in [0, 0.05) is 23.9 Å². The van der Waals surface area contributed by atoms with E-state index in [1.54, 1.807) is 11.3 Å². The standard InChI is InChI=1S/C31H44FN3O2S.C2H6/c1-9-13-23-18-21(4)27(32)24(19-23)28-29(38-30(35-28)31(6,7)8)25(16-15-20(3)10-2)34-22(5)33-17-12-11-14-26(36)37;1-2/h15-16,18-19H,9-14,17H2,1-8H3,(H,33,34)(H,36,37);1-2H3/b20-15?,25-16-;. The second kappa shape index (κ2) is 17.1. The zero-order valence-electron chi connectivity index (χ0n) is 26.3. The Labute approximate surface area is 245 Å². The summed E-state index contributed by atoms with van der Waals surface area (Å²) in [5, 5.41) is 13.3. The molecule has 0 unspecified atom stereocenters. The summed E-state index contributed by atoms with van der Waals surface area (Å²) >= 11 is 1.58. The summed E-state index contributed by atoms with van der Waals surface area (Å²) in [7, 11) is 0. The predicted octanol–water partition coefficient (Wildman–Crippen LogP) is 9.49. The molecule has 2 N–H and O–H groups in total. The lowest BCUT2D eigenvalue weighted by atomic mass is 9.97. The number of nitrogens with zero attached hydrogens (tertiary/aromatic N) is 2. The molecule has 0 atom stereocenters. The molecular formula is C33H50FN3O2S. The van der Waals surface area contributed by atoms with Gasteiger partial charge in [0.2, 0.25) is 0 Å². The molecule has 1 aromatic heterocycles. The van der Waals surface area contributed by atoms with Crippen LogP contribution in [0.4, 0.5) is 4.39 Å². The van der Waals surface area contributed by atoms with Gasteiger partial charge in [-0.2, -0.15) is 0 Å². The number of carboxylic acids is 1. The van der Waals surface area contributed by atoms with Crippen molar-refractivity contribution in [1.82, 2.24) is 10.3 Å². The fraction of sp³-hybridized carbons (Fsp3) is 0.545. The Kier molecular flexibility index (Phi) is 15.1. The summed E-state index contributed by atoms with van der Waals surface area (Å²) in [5.74, 6) is -0.299. The smallest absolute Gasteiger partial charge is 0.303 e. The molecule has 0 bridgehead atoms. The van der Waals surface area contributed by atoms with Crippen LogP contribution in [0.1, 0.15) is 115 Å². The average molecular weight is 572 g/mol. The van der Waals surface area contributed by atoms with E-state index in [0.29, 0.717) is 36.2 Å². The number of nitrogens with one attached hydrogen (secondary N) is 1. The van der Waals surface area contributed by atoms with E-state index in [4.69, 9.17) is 10.1 Å². The van der Waals surface area contributed by atoms with Gasteiger partial charge in [-0.3, -0.25) is 9.79 Å². The molecule has 0 saturated carbocycles. The highest BCUT2D eigenvalue weighted by molar-refractivity contribution is 7.13. The number of aromatic nitrogens is 1. The average Bonchev–Trinajstić information content (AvgIpc) is 3.35. The molecule has 5 nitrogen and oxygen atoms in total. The number of allylic oxidation sites excluding steroid dienone is 3. The van der Waals surface area contributed by atoms with E-state index in [1.807, 2.05) is 45.9 Å². The zero-order chi connectivity index (χ0) is 30.5. The van der Waals surface area contributed by atoms with Crippen molar-refractivity contribution in [2.45, 2.75) is 113 Å². The summed E-state index contributed by atoms with van der Waals surface area (Å²) in [5.41, 5.74) is 4.76. The Morgan fingerprint density at radius 1 is 1.15 bits per heavy atom. The number of hydrogen-bond acceptors (Lipinski definition) is 4. The molecule has 0 radical (unpaired) electrons. The molecule has 7 heteroatoms. The molecule has 0 saturated heterocycles. The van der Waals surface area contributed by atoms with E-state index in [9.17, 15) is 4.79 Å². The molecule has 222 valence electrons. The van der Waals surface area contributed by atoms with Crippen LogP contribution in [-0.2, 0) is 16.6 Å². The van der Waals surface area contributed by atoms with Crippen LogP contribution in [0, 0.1) is 12.7 Å². The molecule has 40 heavy (non-hydrogen) atoms. The van der Waals surface area contributed by atoms with Crippen molar-refractivity contribution in [3.05, 3.63) is 56.7 Å². The SMILES string of the molecule is CC.CCCc1cc(C)c(F)c(-c2nc(C(C)(C)C)sc2/C(=C/C=C(C)CC)NC(C)=NCCCCC(=O)O)c1. The summed E-state index contributed by atoms with van der Waals surface area (Å²) < 4.78 is 15.6. The van der Waals surface area contributed by atoms with Crippen molar-refractivity contribution in [3.8, 4) is 11.3 Å². The van der Waals surface area contributed by atoms with E-state index < -0.39 is 5.97 Å². The summed E-state index contributed by atoms with van der Waals surface area (Å²) in [6.07, 6.45) is 8.35. The van der Waals surface area contributed by atoms with Crippen molar-refractivity contribution in [1.29, 1.82) is 0 Å². The third kappa shape index (κ3) is 11.0.